The molecule has 0 aromatic rings. The predicted molar refractivity (Wildman–Crippen MR) is 62.2 cm³/mol. The van der Waals surface area contributed by atoms with Gasteiger partial charge in [0, 0.05) is 12.0 Å². The summed E-state index contributed by atoms with van der Waals surface area (Å²) in [7, 11) is 1.98. The molecular formula is C12H22N2O2. The van der Waals surface area contributed by atoms with Crippen LogP contribution in [0.3, 0.4) is 0 Å². The molecule has 4 nitrogen and oxygen atoms in total. The molecule has 0 unspecified atom stereocenters. The number of rotatable bonds is 4. The maximum Gasteiger partial charge on any atom is 0.222 e. The Morgan fingerprint density at radius 2 is 2.00 bits per heavy atom. The van der Waals surface area contributed by atoms with E-state index in [1.807, 2.05) is 7.05 Å². The first-order valence-corrected chi connectivity index (χ1v) is 6.30. The smallest absolute Gasteiger partial charge is 0.222 e. The van der Waals surface area contributed by atoms with E-state index in [-0.39, 0.29) is 17.5 Å². The number of nitrogens with one attached hydrogen (secondary N) is 2. The zero-order valence-corrected chi connectivity index (χ0v) is 10.1. The van der Waals surface area contributed by atoms with Crippen molar-refractivity contribution in [2.45, 2.75) is 50.1 Å². The largest absolute Gasteiger partial charge is 0.377 e. The third-order valence-corrected chi connectivity index (χ3v) is 3.84. The molecule has 0 spiro atoms. The zero-order valence-electron chi connectivity index (χ0n) is 10.1. The molecule has 1 saturated heterocycles. The third-order valence-electron chi connectivity index (χ3n) is 3.84. The van der Waals surface area contributed by atoms with Crippen molar-refractivity contribution in [1.29, 1.82) is 0 Å². The van der Waals surface area contributed by atoms with Gasteiger partial charge in [0.05, 0.1) is 19.3 Å². The summed E-state index contributed by atoms with van der Waals surface area (Å²) in [5.74, 6) is 0.171. The van der Waals surface area contributed by atoms with E-state index in [0.717, 1.165) is 12.8 Å². The maximum atomic E-state index is 11.9. The standard InChI is InChI=1S/C12H22N2O2/c1-13-12(5-3-2-4-6-12)7-11(15)14-10-8-16-9-10/h10,13H,2-9H2,1H3,(H,14,15). The monoisotopic (exact) mass is 226 g/mol. The summed E-state index contributed by atoms with van der Waals surface area (Å²) in [6, 6.07) is 0.255. The first kappa shape index (κ1) is 11.9. The SMILES string of the molecule is CNC1(CC(=O)NC2COC2)CCCCC1. The molecular weight excluding hydrogens is 204 g/mol. The molecule has 0 bridgehead atoms. The molecule has 2 aliphatic rings. The van der Waals surface area contributed by atoms with Crippen molar-refractivity contribution in [3.05, 3.63) is 0 Å². The molecule has 1 aliphatic heterocycles. The normalized spacial score (nSPS) is 24.8. The van der Waals surface area contributed by atoms with Crippen molar-refractivity contribution in [2.24, 2.45) is 0 Å². The van der Waals surface area contributed by atoms with Crippen LogP contribution in [0.5, 0.6) is 0 Å². The van der Waals surface area contributed by atoms with Crippen molar-refractivity contribution in [3.63, 3.8) is 0 Å². The summed E-state index contributed by atoms with van der Waals surface area (Å²) >= 11 is 0. The Hall–Kier alpha value is -0.610. The lowest BCUT2D eigenvalue weighted by Gasteiger charge is -2.37. The van der Waals surface area contributed by atoms with Gasteiger partial charge in [0.1, 0.15) is 0 Å². The fourth-order valence-corrected chi connectivity index (χ4v) is 2.65. The molecule has 0 atom stereocenters. The molecule has 1 heterocycles. The number of carbonyl (C=O) groups excluding carboxylic acids is 1. The van der Waals surface area contributed by atoms with Crippen molar-refractivity contribution in [3.8, 4) is 0 Å². The van der Waals surface area contributed by atoms with Crippen molar-refractivity contribution in [1.82, 2.24) is 10.6 Å². The Bertz CT molecular complexity index is 245. The molecule has 0 aromatic carbocycles. The van der Waals surface area contributed by atoms with Crippen molar-refractivity contribution >= 4 is 5.91 Å². The third kappa shape index (κ3) is 2.74. The van der Waals surface area contributed by atoms with Crippen LogP contribution in [0, 0.1) is 0 Å². The van der Waals surface area contributed by atoms with Gasteiger partial charge in [-0.1, -0.05) is 19.3 Å². The summed E-state index contributed by atoms with van der Waals surface area (Å²) in [6.07, 6.45) is 6.64. The minimum Gasteiger partial charge on any atom is -0.377 e. The lowest BCUT2D eigenvalue weighted by molar-refractivity contribution is -0.127. The molecule has 92 valence electrons. The summed E-state index contributed by atoms with van der Waals surface area (Å²) in [4.78, 5) is 11.9. The van der Waals surface area contributed by atoms with Gasteiger partial charge in [-0.25, -0.2) is 0 Å². The second kappa shape index (κ2) is 5.15. The van der Waals surface area contributed by atoms with Crippen molar-refractivity contribution in [2.75, 3.05) is 20.3 Å². The molecule has 1 amide bonds. The van der Waals surface area contributed by atoms with Crippen LogP contribution in [0.1, 0.15) is 38.5 Å². The Labute approximate surface area is 97.1 Å². The summed E-state index contributed by atoms with van der Waals surface area (Å²) in [6.45, 7) is 1.36. The maximum absolute atomic E-state index is 11.9. The van der Waals surface area contributed by atoms with E-state index in [1.165, 1.54) is 19.3 Å². The Morgan fingerprint density at radius 1 is 1.31 bits per heavy atom. The number of hydrogen-bond donors (Lipinski definition) is 2. The van der Waals surface area contributed by atoms with Crippen LogP contribution in [0.15, 0.2) is 0 Å². The van der Waals surface area contributed by atoms with E-state index in [0.29, 0.717) is 19.6 Å². The van der Waals surface area contributed by atoms with Crippen LogP contribution in [-0.2, 0) is 9.53 Å². The number of ether oxygens (including phenoxy) is 1. The Kier molecular flexibility index (Phi) is 3.82. The first-order chi connectivity index (χ1) is 7.74. The summed E-state index contributed by atoms with van der Waals surface area (Å²) in [5.41, 5.74) is 0.0485. The van der Waals surface area contributed by atoms with E-state index >= 15 is 0 Å². The molecule has 1 saturated carbocycles. The topological polar surface area (TPSA) is 50.4 Å². The van der Waals surface area contributed by atoms with Crippen LogP contribution < -0.4 is 10.6 Å². The second-order valence-electron chi connectivity index (χ2n) is 5.07. The van der Waals surface area contributed by atoms with Crippen molar-refractivity contribution < 1.29 is 9.53 Å². The molecule has 1 aliphatic carbocycles. The highest BCUT2D eigenvalue weighted by atomic mass is 16.5. The Morgan fingerprint density at radius 3 is 2.50 bits per heavy atom. The lowest BCUT2D eigenvalue weighted by atomic mass is 9.79. The molecule has 0 aromatic heterocycles. The van der Waals surface area contributed by atoms with Crippen LogP contribution >= 0.6 is 0 Å². The van der Waals surface area contributed by atoms with E-state index in [2.05, 4.69) is 10.6 Å². The fourth-order valence-electron chi connectivity index (χ4n) is 2.65. The van der Waals surface area contributed by atoms with Gasteiger partial charge in [-0.3, -0.25) is 4.79 Å². The van der Waals surface area contributed by atoms with Gasteiger partial charge in [-0.05, 0) is 19.9 Å². The van der Waals surface area contributed by atoms with Gasteiger partial charge in [-0.15, -0.1) is 0 Å². The molecule has 2 N–H and O–H groups in total. The average molecular weight is 226 g/mol. The minimum atomic E-state index is 0.0485. The highest BCUT2D eigenvalue weighted by Crippen LogP contribution is 2.30. The minimum absolute atomic E-state index is 0.0485. The molecule has 2 fully saturated rings. The number of carbonyl (C=O) groups is 1. The molecule has 0 radical (unpaired) electrons. The average Bonchev–Trinajstić information content (AvgIpc) is 2.25. The van der Waals surface area contributed by atoms with E-state index < -0.39 is 0 Å². The van der Waals surface area contributed by atoms with Crippen LogP contribution in [0.25, 0.3) is 0 Å². The van der Waals surface area contributed by atoms with E-state index in [1.54, 1.807) is 0 Å². The van der Waals surface area contributed by atoms with Gasteiger partial charge in [-0.2, -0.15) is 0 Å². The number of amides is 1. The van der Waals surface area contributed by atoms with Gasteiger partial charge in [0.25, 0.3) is 0 Å². The zero-order chi connectivity index (χ0) is 11.4. The highest BCUT2D eigenvalue weighted by Gasteiger charge is 2.33. The van der Waals surface area contributed by atoms with Crippen LogP contribution in [0.2, 0.25) is 0 Å². The summed E-state index contributed by atoms with van der Waals surface area (Å²) in [5, 5.41) is 6.38. The van der Waals surface area contributed by atoms with Crippen LogP contribution in [-0.4, -0.2) is 37.7 Å². The van der Waals surface area contributed by atoms with Gasteiger partial charge in [0.2, 0.25) is 5.91 Å². The van der Waals surface area contributed by atoms with Gasteiger partial charge in [0.15, 0.2) is 0 Å². The fraction of sp³-hybridized carbons (Fsp3) is 0.917. The second-order valence-corrected chi connectivity index (χ2v) is 5.07. The lowest BCUT2D eigenvalue weighted by Crippen LogP contribution is -2.53. The van der Waals surface area contributed by atoms with Gasteiger partial charge < -0.3 is 15.4 Å². The predicted octanol–water partition coefficient (Wildman–Crippen LogP) is 0.814. The summed E-state index contributed by atoms with van der Waals surface area (Å²) < 4.78 is 5.05. The Balaban J connectivity index is 1.82. The molecule has 2 rings (SSSR count). The first-order valence-electron chi connectivity index (χ1n) is 6.30. The quantitative estimate of drug-likeness (QED) is 0.746. The van der Waals surface area contributed by atoms with E-state index in [9.17, 15) is 4.79 Å². The number of hydrogen-bond acceptors (Lipinski definition) is 3. The molecule has 16 heavy (non-hydrogen) atoms. The van der Waals surface area contributed by atoms with Crippen LogP contribution in [0.4, 0.5) is 0 Å². The van der Waals surface area contributed by atoms with Gasteiger partial charge >= 0.3 is 0 Å². The highest BCUT2D eigenvalue weighted by molar-refractivity contribution is 5.77. The molecule has 4 heteroatoms. The van der Waals surface area contributed by atoms with E-state index in [4.69, 9.17) is 4.74 Å².